The predicted octanol–water partition coefficient (Wildman–Crippen LogP) is -0.185. The van der Waals surface area contributed by atoms with Crippen molar-refractivity contribution in [2.75, 3.05) is 0 Å². The monoisotopic (exact) mass is 267 g/mol. The highest BCUT2D eigenvalue weighted by Gasteiger charge is 2.33. The maximum Gasteiger partial charge on any atom is 0.243 e. The largest absolute Gasteiger partial charge is 0.368 e. The van der Waals surface area contributed by atoms with E-state index in [9.17, 15) is 14.4 Å². The molecule has 19 heavy (non-hydrogen) atoms. The van der Waals surface area contributed by atoms with Gasteiger partial charge in [-0.15, -0.1) is 0 Å². The number of primary amides is 1. The van der Waals surface area contributed by atoms with E-state index < -0.39 is 18.0 Å². The quantitative estimate of drug-likeness (QED) is 0.658. The Morgan fingerprint density at radius 2 is 1.89 bits per heavy atom. The summed E-state index contributed by atoms with van der Waals surface area (Å²) in [6.45, 7) is 0. The molecule has 1 aliphatic heterocycles. The topological polar surface area (TPSA) is 101 Å². The lowest BCUT2D eigenvalue weighted by molar-refractivity contribution is -0.130. The summed E-state index contributed by atoms with van der Waals surface area (Å²) in [7, 11) is 0. The first-order valence-electron chi connectivity index (χ1n) is 6.97. The summed E-state index contributed by atoms with van der Waals surface area (Å²) < 4.78 is 0. The predicted molar refractivity (Wildman–Crippen MR) is 68.9 cm³/mol. The van der Waals surface area contributed by atoms with Gasteiger partial charge in [-0.05, 0) is 25.2 Å². The second-order valence-electron chi connectivity index (χ2n) is 5.45. The molecule has 1 saturated carbocycles. The lowest BCUT2D eigenvalue weighted by Crippen LogP contribution is -2.54. The minimum absolute atomic E-state index is 0.117. The van der Waals surface area contributed by atoms with Crippen LogP contribution in [0.3, 0.4) is 0 Å². The molecular formula is C13H21N3O3. The zero-order valence-corrected chi connectivity index (χ0v) is 11.0. The number of nitrogens with two attached hydrogens (primary N) is 1. The number of nitrogens with one attached hydrogen (secondary N) is 2. The van der Waals surface area contributed by atoms with Crippen LogP contribution in [0.4, 0.5) is 0 Å². The summed E-state index contributed by atoms with van der Waals surface area (Å²) in [5.74, 6) is -0.759. The van der Waals surface area contributed by atoms with Crippen LogP contribution in [0.2, 0.25) is 0 Å². The van der Waals surface area contributed by atoms with Gasteiger partial charge in [0.05, 0.1) is 0 Å². The Hall–Kier alpha value is -1.59. The minimum atomic E-state index is -0.606. The number of hydrogen-bond donors (Lipinski definition) is 3. The van der Waals surface area contributed by atoms with E-state index in [0.29, 0.717) is 12.8 Å². The van der Waals surface area contributed by atoms with E-state index >= 15 is 0 Å². The molecule has 3 amide bonds. The van der Waals surface area contributed by atoms with Gasteiger partial charge in [-0.3, -0.25) is 14.4 Å². The highest BCUT2D eigenvalue weighted by atomic mass is 16.2. The Bertz CT molecular complexity index is 377. The van der Waals surface area contributed by atoms with Crippen LogP contribution in [0.15, 0.2) is 0 Å². The molecule has 0 unspecified atom stereocenters. The van der Waals surface area contributed by atoms with Crippen LogP contribution < -0.4 is 16.4 Å². The van der Waals surface area contributed by atoms with Crippen molar-refractivity contribution in [2.24, 2.45) is 11.7 Å². The maximum atomic E-state index is 12.0. The number of amides is 3. The Morgan fingerprint density at radius 1 is 1.21 bits per heavy atom. The summed E-state index contributed by atoms with van der Waals surface area (Å²) in [5.41, 5.74) is 5.40. The van der Waals surface area contributed by atoms with Crippen LogP contribution in [0, 0.1) is 5.92 Å². The van der Waals surface area contributed by atoms with Crippen LogP contribution in [0.25, 0.3) is 0 Å². The second-order valence-corrected chi connectivity index (χ2v) is 5.45. The van der Waals surface area contributed by atoms with Gasteiger partial charge >= 0.3 is 0 Å². The summed E-state index contributed by atoms with van der Waals surface area (Å²) in [6, 6.07) is -1.12. The maximum absolute atomic E-state index is 12.0. The van der Waals surface area contributed by atoms with Crippen molar-refractivity contribution in [1.82, 2.24) is 10.6 Å². The third kappa shape index (κ3) is 3.45. The number of carbonyl (C=O) groups excluding carboxylic acids is 3. The Kier molecular flexibility index (Phi) is 4.39. The number of rotatable bonds is 4. The smallest absolute Gasteiger partial charge is 0.243 e. The fourth-order valence-electron chi connectivity index (χ4n) is 2.95. The van der Waals surface area contributed by atoms with Gasteiger partial charge in [-0.2, -0.15) is 0 Å². The van der Waals surface area contributed by atoms with E-state index in [0.717, 1.165) is 25.7 Å². The molecule has 106 valence electrons. The third-order valence-corrected chi connectivity index (χ3v) is 4.04. The molecule has 4 N–H and O–H groups in total. The van der Waals surface area contributed by atoms with Crippen molar-refractivity contribution in [1.29, 1.82) is 0 Å². The lowest BCUT2D eigenvalue weighted by atomic mass is 9.83. The van der Waals surface area contributed by atoms with Gasteiger partial charge in [0, 0.05) is 6.42 Å². The van der Waals surface area contributed by atoms with Gasteiger partial charge in [-0.25, -0.2) is 0 Å². The molecule has 1 aliphatic carbocycles. The highest BCUT2D eigenvalue weighted by Crippen LogP contribution is 2.26. The molecular weight excluding hydrogens is 246 g/mol. The summed E-state index contributed by atoms with van der Waals surface area (Å²) in [6.07, 6.45) is 6.02. The van der Waals surface area contributed by atoms with Gasteiger partial charge in [0.1, 0.15) is 12.1 Å². The van der Waals surface area contributed by atoms with Crippen molar-refractivity contribution in [3.05, 3.63) is 0 Å². The lowest BCUT2D eigenvalue weighted by Gasteiger charge is -2.29. The number of carbonyl (C=O) groups is 3. The summed E-state index contributed by atoms with van der Waals surface area (Å²) >= 11 is 0. The molecule has 2 aliphatic rings. The van der Waals surface area contributed by atoms with E-state index in [2.05, 4.69) is 10.6 Å². The fourth-order valence-corrected chi connectivity index (χ4v) is 2.95. The SMILES string of the molecule is NC(=O)[C@H](NC(=O)[C@H]1CCC(=O)N1)C1CCCCC1. The molecule has 2 fully saturated rings. The van der Waals surface area contributed by atoms with Crippen LogP contribution in [0.5, 0.6) is 0 Å². The molecule has 0 aromatic rings. The summed E-state index contributed by atoms with van der Waals surface area (Å²) in [4.78, 5) is 34.6. The molecule has 6 heteroatoms. The minimum Gasteiger partial charge on any atom is -0.368 e. The first-order valence-corrected chi connectivity index (χ1v) is 6.97. The second kappa shape index (κ2) is 6.04. The van der Waals surface area contributed by atoms with Crippen molar-refractivity contribution in [2.45, 2.75) is 57.0 Å². The van der Waals surface area contributed by atoms with E-state index in [1.54, 1.807) is 0 Å². The Labute approximate surface area is 112 Å². The van der Waals surface area contributed by atoms with Gasteiger partial charge in [0.15, 0.2) is 0 Å². The normalized spacial score (nSPS) is 25.7. The zero-order chi connectivity index (χ0) is 13.8. The number of hydrogen-bond acceptors (Lipinski definition) is 3. The van der Waals surface area contributed by atoms with Crippen LogP contribution in [-0.2, 0) is 14.4 Å². The van der Waals surface area contributed by atoms with Crippen LogP contribution in [0.1, 0.15) is 44.9 Å². The van der Waals surface area contributed by atoms with E-state index in [4.69, 9.17) is 5.73 Å². The highest BCUT2D eigenvalue weighted by molar-refractivity contribution is 5.93. The fraction of sp³-hybridized carbons (Fsp3) is 0.769. The molecule has 6 nitrogen and oxygen atoms in total. The molecule has 1 heterocycles. The average Bonchev–Trinajstić information content (AvgIpc) is 2.83. The van der Waals surface area contributed by atoms with E-state index in [1.165, 1.54) is 6.42 Å². The zero-order valence-electron chi connectivity index (χ0n) is 11.0. The molecule has 0 radical (unpaired) electrons. The Morgan fingerprint density at radius 3 is 2.42 bits per heavy atom. The van der Waals surface area contributed by atoms with Crippen molar-refractivity contribution in [3.8, 4) is 0 Å². The molecule has 0 aromatic heterocycles. The molecule has 2 atom stereocenters. The van der Waals surface area contributed by atoms with Gasteiger partial charge in [0.25, 0.3) is 0 Å². The first kappa shape index (κ1) is 13.8. The van der Waals surface area contributed by atoms with Crippen molar-refractivity contribution < 1.29 is 14.4 Å². The van der Waals surface area contributed by atoms with E-state index in [-0.39, 0.29) is 17.7 Å². The average molecular weight is 267 g/mol. The molecule has 0 aromatic carbocycles. The molecule has 2 rings (SSSR count). The van der Waals surface area contributed by atoms with Crippen LogP contribution in [-0.4, -0.2) is 29.8 Å². The van der Waals surface area contributed by atoms with Crippen LogP contribution >= 0.6 is 0 Å². The van der Waals surface area contributed by atoms with E-state index in [1.807, 2.05) is 0 Å². The van der Waals surface area contributed by atoms with Crippen molar-refractivity contribution in [3.63, 3.8) is 0 Å². The standard InChI is InChI=1S/C13H21N3O3/c14-12(18)11(8-4-2-1-3-5-8)16-13(19)9-6-7-10(17)15-9/h8-9,11H,1-7H2,(H2,14,18)(H,15,17)(H,16,19)/t9-,11-/m1/s1. The first-order chi connectivity index (χ1) is 9.08. The van der Waals surface area contributed by atoms with Crippen molar-refractivity contribution >= 4 is 17.7 Å². The third-order valence-electron chi connectivity index (χ3n) is 4.04. The summed E-state index contributed by atoms with van der Waals surface area (Å²) in [5, 5.41) is 5.32. The molecule has 0 spiro atoms. The van der Waals surface area contributed by atoms with Gasteiger partial charge in [-0.1, -0.05) is 19.3 Å². The molecule has 1 saturated heterocycles. The van der Waals surface area contributed by atoms with Gasteiger partial charge in [0.2, 0.25) is 17.7 Å². The Balaban J connectivity index is 1.94. The molecule has 0 bridgehead atoms. The van der Waals surface area contributed by atoms with Gasteiger partial charge < -0.3 is 16.4 Å².